The molecule has 2 aromatic rings. The maximum atomic E-state index is 11.1. The number of carboxylic acid groups (broad SMARTS) is 1. The number of hydrogen-bond acceptors (Lipinski definition) is 4. The topological polar surface area (TPSA) is 79.5 Å². The van der Waals surface area contributed by atoms with Crippen molar-refractivity contribution >= 4 is 6.09 Å². The van der Waals surface area contributed by atoms with Crippen LogP contribution in [0, 0.1) is 0 Å². The quantitative estimate of drug-likeness (QED) is 0.848. The first-order chi connectivity index (χ1) is 9.15. The third-order valence-electron chi connectivity index (χ3n) is 3.24. The van der Waals surface area contributed by atoms with Crippen molar-refractivity contribution in [2.75, 3.05) is 0 Å². The van der Waals surface area contributed by atoms with Gasteiger partial charge in [0, 0.05) is 18.7 Å². The normalized spacial score (nSPS) is 18.2. The number of carbonyl (C=O) groups is 1. The minimum absolute atomic E-state index is 0.0910. The number of pyridine rings is 1. The van der Waals surface area contributed by atoms with E-state index >= 15 is 0 Å². The first-order valence-electron chi connectivity index (χ1n) is 6.04. The molecule has 0 spiro atoms. The van der Waals surface area contributed by atoms with Crippen LogP contribution in [0.3, 0.4) is 0 Å². The van der Waals surface area contributed by atoms with Crippen LogP contribution in [-0.4, -0.2) is 32.1 Å². The molecule has 1 unspecified atom stereocenters. The summed E-state index contributed by atoms with van der Waals surface area (Å²) in [5.74, 6) is 1.06. The molecule has 0 saturated carbocycles. The predicted octanol–water partition coefficient (Wildman–Crippen LogP) is 2.16. The van der Waals surface area contributed by atoms with Crippen LogP contribution < -0.4 is 0 Å². The van der Waals surface area contributed by atoms with Gasteiger partial charge < -0.3 is 9.52 Å². The summed E-state index contributed by atoms with van der Waals surface area (Å²) in [4.78, 5) is 21.1. The second kappa shape index (κ2) is 4.38. The zero-order valence-electron chi connectivity index (χ0n) is 10.4. The van der Waals surface area contributed by atoms with Gasteiger partial charge in [-0.15, -0.1) is 0 Å². The largest absolute Gasteiger partial charge is 0.465 e. The van der Waals surface area contributed by atoms with Gasteiger partial charge in [0.05, 0.1) is 12.2 Å². The van der Waals surface area contributed by atoms with E-state index in [0.717, 1.165) is 5.69 Å². The van der Waals surface area contributed by atoms with Gasteiger partial charge in [0.2, 0.25) is 5.89 Å². The van der Waals surface area contributed by atoms with Gasteiger partial charge in [0.15, 0.2) is 0 Å². The van der Waals surface area contributed by atoms with E-state index in [2.05, 4.69) is 9.97 Å². The predicted molar refractivity (Wildman–Crippen MR) is 66.5 cm³/mol. The SMILES string of the molecule is CC1Cc2nc(-c3ccccn3)oc2CN1C(=O)O. The monoisotopic (exact) mass is 259 g/mol. The van der Waals surface area contributed by atoms with Crippen molar-refractivity contribution < 1.29 is 14.3 Å². The molecule has 6 nitrogen and oxygen atoms in total. The van der Waals surface area contributed by atoms with Crippen molar-refractivity contribution in [1.82, 2.24) is 14.9 Å². The molecule has 19 heavy (non-hydrogen) atoms. The van der Waals surface area contributed by atoms with Gasteiger partial charge in [-0.3, -0.25) is 9.88 Å². The summed E-state index contributed by atoms with van der Waals surface area (Å²) in [7, 11) is 0. The molecule has 0 saturated heterocycles. The van der Waals surface area contributed by atoms with Gasteiger partial charge >= 0.3 is 6.09 Å². The Hall–Kier alpha value is -2.37. The van der Waals surface area contributed by atoms with Gasteiger partial charge in [0.1, 0.15) is 11.5 Å². The Kier molecular flexibility index (Phi) is 2.70. The summed E-state index contributed by atoms with van der Waals surface area (Å²) in [6.45, 7) is 2.11. The minimum Gasteiger partial charge on any atom is -0.465 e. The number of aromatic nitrogens is 2. The molecule has 0 fully saturated rings. The molecule has 0 aliphatic carbocycles. The Morgan fingerprint density at radius 3 is 3.05 bits per heavy atom. The third kappa shape index (κ3) is 2.05. The van der Waals surface area contributed by atoms with E-state index in [4.69, 9.17) is 9.52 Å². The van der Waals surface area contributed by atoms with E-state index < -0.39 is 6.09 Å². The number of oxazole rings is 1. The first kappa shape index (κ1) is 11.7. The van der Waals surface area contributed by atoms with Gasteiger partial charge in [-0.1, -0.05) is 6.07 Å². The Labute approximate surface area is 109 Å². The van der Waals surface area contributed by atoms with Crippen LogP contribution >= 0.6 is 0 Å². The highest BCUT2D eigenvalue weighted by molar-refractivity contribution is 5.66. The lowest BCUT2D eigenvalue weighted by atomic mass is 10.1. The van der Waals surface area contributed by atoms with Crippen molar-refractivity contribution in [2.45, 2.75) is 25.9 Å². The fourth-order valence-electron chi connectivity index (χ4n) is 2.22. The second-order valence-electron chi connectivity index (χ2n) is 4.57. The molecule has 3 rings (SSSR count). The maximum absolute atomic E-state index is 11.1. The maximum Gasteiger partial charge on any atom is 0.407 e. The van der Waals surface area contributed by atoms with Crippen LogP contribution in [-0.2, 0) is 13.0 Å². The second-order valence-corrected chi connectivity index (χ2v) is 4.57. The van der Waals surface area contributed by atoms with Crippen LogP contribution in [0.2, 0.25) is 0 Å². The molecule has 1 aliphatic rings. The van der Waals surface area contributed by atoms with Crippen LogP contribution in [0.4, 0.5) is 4.79 Å². The fraction of sp³-hybridized carbons (Fsp3) is 0.308. The fourth-order valence-corrected chi connectivity index (χ4v) is 2.22. The zero-order valence-corrected chi connectivity index (χ0v) is 10.4. The molecule has 6 heteroatoms. The molecule has 2 aromatic heterocycles. The van der Waals surface area contributed by atoms with E-state index in [9.17, 15) is 4.79 Å². The lowest BCUT2D eigenvalue weighted by molar-refractivity contribution is 0.114. The van der Waals surface area contributed by atoms with E-state index in [0.29, 0.717) is 23.8 Å². The van der Waals surface area contributed by atoms with Crippen LogP contribution in [0.15, 0.2) is 28.8 Å². The highest BCUT2D eigenvalue weighted by Gasteiger charge is 2.30. The van der Waals surface area contributed by atoms with Gasteiger partial charge in [-0.05, 0) is 19.1 Å². The molecule has 0 radical (unpaired) electrons. The molecule has 1 aliphatic heterocycles. The standard InChI is InChI=1S/C13H13N3O3/c1-8-6-10-11(7-16(8)13(17)18)19-12(15-10)9-4-2-3-5-14-9/h2-5,8H,6-7H2,1H3,(H,17,18). The molecule has 1 atom stereocenters. The number of nitrogens with zero attached hydrogens (tertiary/aromatic N) is 3. The average Bonchev–Trinajstić information content (AvgIpc) is 2.81. The lowest BCUT2D eigenvalue weighted by Crippen LogP contribution is -2.41. The number of fused-ring (bicyclic) bond motifs is 1. The summed E-state index contributed by atoms with van der Waals surface area (Å²) in [5.41, 5.74) is 1.48. The highest BCUT2D eigenvalue weighted by Crippen LogP contribution is 2.27. The molecule has 0 bridgehead atoms. The third-order valence-corrected chi connectivity index (χ3v) is 3.24. The molecule has 3 heterocycles. The summed E-state index contributed by atoms with van der Waals surface area (Å²) >= 11 is 0. The van der Waals surface area contributed by atoms with Gasteiger partial charge in [-0.2, -0.15) is 0 Å². The molecular weight excluding hydrogens is 246 g/mol. The summed E-state index contributed by atoms with van der Waals surface area (Å²) in [6, 6.07) is 5.40. The van der Waals surface area contributed by atoms with Crippen LogP contribution in [0.25, 0.3) is 11.6 Å². The summed E-state index contributed by atoms with van der Waals surface area (Å²) in [6.07, 6.45) is 1.30. The number of hydrogen-bond donors (Lipinski definition) is 1. The van der Waals surface area contributed by atoms with Crippen molar-refractivity contribution in [3.63, 3.8) is 0 Å². The molecule has 0 aromatic carbocycles. The first-order valence-corrected chi connectivity index (χ1v) is 6.04. The number of amides is 1. The van der Waals surface area contributed by atoms with Crippen molar-refractivity contribution in [3.8, 4) is 11.6 Å². The Morgan fingerprint density at radius 1 is 1.53 bits per heavy atom. The Balaban J connectivity index is 1.95. The smallest absolute Gasteiger partial charge is 0.407 e. The minimum atomic E-state index is -0.936. The van der Waals surface area contributed by atoms with E-state index in [-0.39, 0.29) is 12.6 Å². The van der Waals surface area contributed by atoms with Gasteiger partial charge in [0.25, 0.3) is 0 Å². The van der Waals surface area contributed by atoms with E-state index in [1.165, 1.54) is 4.90 Å². The molecular formula is C13H13N3O3. The average molecular weight is 259 g/mol. The summed E-state index contributed by atoms with van der Waals surface area (Å²) in [5, 5.41) is 9.11. The van der Waals surface area contributed by atoms with Gasteiger partial charge in [-0.25, -0.2) is 9.78 Å². The van der Waals surface area contributed by atoms with E-state index in [1.54, 1.807) is 6.20 Å². The molecule has 98 valence electrons. The highest BCUT2D eigenvalue weighted by atomic mass is 16.4. The van der Waals surface area contributed by atoms with Crippen molar-refractivity contribution in [3.05, 3.63) is 35.9 Å². The Morgan fingerprint density at radius 2 is 2.37 bits per heavy atom. The van der Waals surface area contributed by atoms with Crippen molar-refractivity contribution in [1.29, 1.82) is 0 Å². The Bertz CT molecular complexity index is 609. The molecule has 1 amide bonds. The van der Waals surface area contributed by atoms with E-state index in [1.807, 2.05) is 25.1 Å². The zero-order chi connectivity index (χ0) is 13.4. The summed E-state index contributed by atoms with van der Waals surface area (Å²) < 4.78 is 5.64. The number of rotatable bonds is 1. The van der Waals surface area contributed by atoms with Crippen LogP contribution in [0.1, 0.15) is 18.4 Å². The molecule has 1 N–H and O–H groups in total. The van der Waals surface area contributed by atoms with Crippen molar-refractivity contribution in [2.24, 2.45) is 0 Å². The lowest BCUT2D eigenvalue weighted by Gasteiger charge is -2.28. The van der Waals surface area contributed by atoms with Crippen LogP contribution in [0.5, 0.6) is 0 Å².